The molecule has 0 aromatic heterocycles. The highest BCUT2D eigenvalue weighted by molar-refractivity contribution is 6.82. The van der Waals surface area contributed by atoms with Crippen molar-refractivity contribution in [1.82, 2.24) is 4.90 Å². The fourth-order valence-electron chi connectivity index (χ4n) is 2.61. The predicted molar refractivity (Wildman–Crippen MR) is 83.3 cm³/mol. The van der Waals surface area contributed by atoms with Crippen LogP contribution in [-0.4, -0.2) is 30.6 Å². The molecule has 0 bridgehead atoms. The van der Waals surface area contributed by atoms with Gasteiger partial charge >= 0.3 is 0 Å². The molecule has 0 saturated carbocycles. The Bertz CT molecular complexity index is 239. The molecular weight excluding hydrogens is 222 g/mol. The zero-order valence-electron chi connectivity index (χ0n) is 13.5. The van der Waals surface area contributed by atoms with E-state index in [1.807, 2.05) is 0 Å². The van der Waals surface area contributed by atoms with Gasteiger partial charge in [0.05, 0.1) is 8.07 Å². The first-order valence-corrected chi connectivity index (χ1v) is 10.1. The number of hydrogen-bond donors (Lipinski definition) is 0. The topological polar surface area (TPSA) is 3.24 Å². The monoisotopic (exact) mass is 255 g/mol. The maximum Gasteiger partial charge on any atom is 0.0725 e. The molecule has 0 aromatic carbocycles. The van der Waals surface area contributed by atoms with Crippen molar-refractivity contribution in [1.29, 1.82) is 0 Å². The lowest BCUT2D eigenvalue weighted by atomic mass is 9.96. The van der Waals surface area contributed by atoms with Gasteiger partial charge in [-0.25, -0.2) is 0 Å². The molecule has 102 valence electrons. The summed E-state index contributed by atoms with van der Waals surface area (Å²) in [5, 5.41) is 0. The van der Waals surface area contributed by atoms with Gasteiger partial charge in [0.15, 0.2) is 0 Å². The molecule has 1 nitrogen and oxygen atoms in total. The third-order valence-corrected chi connectivity index (χ3v) is 5.97. The zero-order chi connectivity index (χ0) is 13.9. The smallest absolute Gasteiger partial charge is 0.0725 e. The number of allylic oxidation sites excluding steroid dienone is 1. The van der Waals surface area contributed by atoms with Gasteiger partial charge in [-0.3, -0.25) is 4.90 Å². The van der Waals surface area contributed by atoms with Crippen LogP contribution in [0.1, 0.15) is 48.5 Å². The molecule has 0 rings (SSSR count). The van der Waals surface area contributed by atoms with E-state index in [1.54, 1.807) is 0 Å². The number of nitrogens with zero attached hydrogens (tertiary/aromatic N) is 1. The second kappa shape index (κ2) is 5.70. The lowest BCUT2D eigenvalue weighted by Crippen LogP contribution is -2.53. The molecule has 0 fully saturated rings. The van der Waals surface area contributed by atoms with Crippen LogP contribution in [-0.2, 0) is 0 Å². The van der Waals surface area contributed by atoms with Gasteiger partial charge in [0.2, 0.25) is 0 Å². The predicted octanol–water partition coefficient (Wildman–Crippen LogP) is 4.71. The average molecular weight is 256 g/mol. The van der Waals surface area contributed by atoms with Crippen molar-refractivity contribution in [3.05, 3.63) is 11.8 Å². The molecular formula is C15H33NSi. The first-order chi connectivity index (χ1) is 7.40. The van der Waals surface area contributed by atoms with Gasteiger partial charge < -0.3 is 0 Å². The highest BCUT2D eigenvalue weighted by atomic mass is 28.3. The van der Waals surface area contributed by atoms with Crippen LogP contribution in [0.5, 0.6) is 0 Å². The van der Waals surface area contributed by atoms with Gasteiger partial charge in [0, 0.05) is 11.1 Å². The van der Waals surface area contributed by atoms with Gasteiger partial charge in [-0.2, -0.15) is 0 Å². The van der Waals surface area contributed by atoms with Crippen molar-refractivity contribution in [3.63, 3.8) is 0 Å². The summed E-state index contributed by atoms with van der Waals surface area (Å²) < 4.78 is 0. The Hall–Kier alpha value is -0.0831. The second-order valence-electron chi connectivity index (χ2n) is 7.73. The van der Waals surface area contributed by atoms with Gasteiger partial charge in [-0.05, 0) is 61.1 Å². The van der Waals surface area contributed by atoms with Crippen LogP contribution < -0.4 is 0 Å². The van der Waals surface area contributed by atoms with Gasteiger partial charge in [-0.15, -0.1) is 0 Å². The molecule has 0 atom stereocenters. The molecule has 0 aromatic rings. The largest absolute Gasteiger partial charge is 0.294 e. The van der Waals surface area contributed by atoms with Gasteiger partial charge in [0.1, 0.15) is 0 Å². The Morgan fingerprint density at radius 1 is 0.941 bits per heavy atom. The molecule has 0 amide bonds. The standard InChI is InChI=1S/C15H33NSi/c1-10-12-17(8,9)13-11-16(14(2,3)4)15(5,6)7/h10,12H,11,13H2,1-9H3. The maximum absolute atomic E-state index is 2.64. The fraction of sp³-hybridized carbons (Fsp3) is 0.867. The van der Waals surface area contributed by atoms with Crippen LogP contribution in [0.25, 0.3) is 0 Å². The first-order valence-electron chi connectivity index (χ1n) is 6.82. The summed E-state index contributed by atoms with van der Waals surface area (Å²) in [7, 11) is -1.15. The number of hydrogen-bond acceptors (Lipinski definition) is 1. The highest BCUT2D eigenvalue weighted by Crippen LogP contribution is 2.26. The minimum atomic E-state index is -1.15. The Kier molecular flexibility index (Phi) is 5.68. The van der Waals surface area contributed by atoms with Crippen LogP contribution in [0.2, 0.25) is 19.1 Å². The highest BCUT2D eigenvalue weighted by Gasteiger charge is 2.32. The van der Waals surface area contributed by atoms with Crippen molar-refractivity contribution in [2.24, 2.45) is 0 Å². The molecule has 0 saturated heterocycles. The van der Waals surface area contributed by atoms with Gasteiger partial charge in [0.25, 0.3) is 0 Å². The third kappa shape index (κ3) is 6.42. The molecule has 0 heterocycles. The van der Waals surface area contributed by atoms with Crippen LogP contribution in [0.15, 0.2) is 11.8 Å². The van der Waals surface area contributed by atoms with E-state index in [0.29, 0.717) is 0 Å². The molecule has 0 radical (unpaired) electrons. The zero-order valence-corrected chi connectivity index (χ0v) is 14.5. The summed E-state index contributed by atoms with van der Waals surface area (Å²) in [5.74, 6) is 0. The fourth-order valence-corrected chi connectivity index (χ4v) is 4.48. The second-order valence-corrected chi connectivity index (χ2v) is 12.5. The number of rotatable bonds is 4. The molecule has 0 N–H and O–H groups in total. The molecule has 17 heavy (non-hydrogen) atoms. The van der Waals surface area contributed by atoms with Gasteiger partial charge in [-0.1, -0.05) is 24.9 Å². The Balaban J connectivity index is 4.71. The minimum absolute atomic E-state index is 0.249. The Morgan fingerprint density at radius 2 is 1.35 bits per heavy atom. The van der Waals surface area contributed by atoms with E-state index < -0.39 is 8.07 Å². The van der Waals surface area contributed by atoms with Crippen LogP contribution in [0.4, 0.5) is 0 Å². The SMILES string of the molecule is CC=C[Si](C)(C)CCN(C(C)(C)C)C(C)(C)C. The van der Waals surface area contributed by atoms with E-state index in [1.165, 1.54) is 12.6 Å². The summed E-state index contributed by atoms with van der Waals surface area (Å²) >= 11 is 0. The van der Waals surface area contributed by atoms with E-state index in [-0.39, 0.29) is 11.1 Å². The van der Waals surface area contributed by atoms with E-state index in [2.05, 4.69) is 78.2 Å². The van der Waals surface area contributed by atoms with Crippen molar-refractivity contribution in [3.8, 4) is 0 Å². The minimum Gasteiger partial charge on any atom is -0.294 e. The van der Waals surface area contributed by atoms with E-state index in [0.717, 1.165) is 0 Å². The summed E-state index contributed by atoms with van der Waals surface area (Å²) in [6.45, 7) is 22.2. The maximum atomic E-state index is 2.64. The summed E-state index contributed by atoms with van der Waals surface area (Å²) in [4.78, 5) is 2.64. The Morgan fingerprint density at radius 3 is 1.65 bits per heavy atom. The van der Waals surface area contributed by atoms with Crippen molar-refractivity contribution in [2.75, 3.05) is 6.54 Å². The molecule has 0 aliphatic carbocycles. The van der Waals surface area contributed by atoms with E-state index in [9.17, 15) is 0 Å². The molecule has 2 heteroatoms. The summed E-state index contributed by atoms with van der Waals surface area (Å²) in [6, 6.07) is 1.34. The first kappa shape index (κ1) is 16.9. The van der Waals surface area contributed by atoms with Crippen molar-refractivity contribution in [2.45, 2.75) is 78.7 Å². The van der Waals surface area contributed by atoms with Crippen LogP contribution in [0, 0.1) is 0 Å². The van der Waals surface area contributed by atoms with Crippen molar-refractivity contribution < 1.29 is 0 Å². The normalized spacial score (nSPS) is 14.9. The van der Waals surface area contributed by atoms with E-state index in [4.69, 9.17) is 0 Å². The summed E-state index contributed by atoms with van der Waals surface area (Å²) in [5.41, 5.74) is 2.95. The lowest BCUT2D eigenvalue weighted by Gasteiger charge is -2.46. The summed E-state index contributed by atoms with van der Waals surface area (Å²) in [6.07, 6.45) is 2.23. The van der Waals surface area contributed by atoms with E-state index >= 15 is 0 Å². The molecule has 0 aliphatic rings. The Labute approximate surface area is 110 Å². The molecule has 0 spiro atoms. The van der Waals surface area contributed by atoms with Crippen LogP contribution >= 0.6 is 0 Å². The quantitative estimate of drug-likeness (QED) is 0.658. The average Bonchev–Trinajstić information content (AvgIpc) is 1.97. The molecule has 0 aliphatic heterocycles. The molecule has 0 unspecified atom stereocenters. The van der Waals surface area contributed by atoms with Crippen molar-refractivity contribution >= 4 is 8.07 Å². The third-order valence-electron chi connectivity index (χ3n) is 3.22. The van der Waals surface area contributed by atoms with Crippen LogP contribution in [0.3, 0.4) is 0 Å². The lowest BCUT2D eigenvalue weighted by molar-refractivity contribution is 0.0444.